The van der Waals surface area contributed by atoms with Crippen molar-refractivity contribution in [2.75, 3.05) is 13.2 Å². The first-order chi connectivity index (χ1) is 9.27. The Hall–Kier alpha value is -0.570. The summed E-state index contributed by atoms with van der Waals surface area (Å²) < 4.78 is 10.8. The van der Waals surface area contributed by atoms with Gasteiger partial charge in [0.25, 0.3) is 0 Å². The number of hydrogen-bond donors (Lipinski definition) is 0. The molecule has 0 amide bonds. The summed E-state index contributed by atoms with van der Waals surface area (Å²) >= 11 is 0. The number of ether oxygens (including phenoxy) is 2. The Balaban J connectivity index is 2.12. The van der Waals surface area contributed by atoms with Gasteiger partial charge in [-0.2, -0.15) is 0 Å². The van der Waals surface area contributed by atoms with Crippen LogP contribution in [-0.4, -0.2) is 25.3 Å². The van der Waals surface area contributed by atoms with Crippen molar-refractivity contribution in [2.24, 2.45) is 5.92 Å². The highest BCUT2D eigenvalue weighted by Gasteiger charge is 2.29. The lowest BCUT2D eigenvalue weighted by molar-refractivity contribution is -0.144. The first kappa shape index (κ1) is 16.5. The summed E-state index contributed by atoms with van der Waals surface area (Å²) in [7, 11) is 0. The van der Waals surface area contributed by atoms with Crippen LogP contribution < -0.4 is 0 Å². The van der Waals surface area contributed by atoms with E-state index in [-0.39, 0.29) is 12.1 Å². The molecule has 0 saturated carbocycles. The Labute approximate surface area is 118 Å². The molecule has 0 spiro atoms. The topological polar surface area (TPSA) is 35.5 Å². The van der Waals surface area contributed by atoms with Gasteiger partial charge < -0.3 is 9.47 Å². The summed E-state index contributed by atoms with van der Waals surface area (Å²) in [6.45, 7) is 5.39. The zero-order valence-corrected chi connectivity index (χ0v) is 12.7. The van der Waals surface area contributed by atoms with Crippen molar-refractivity contribution in [3.8, 4) is 0 Å². The van der Waals surface area contributed by atoms with E-state index in [9.17, 15) is 4.79 Å². The van der Waals surface area contributed by atoms with Crippen LogP contribution in [0.5, 0.6) is 0 Å². The van der Waals surface area contributed by atoms with Gasteiger partial charge in [-0.1, -0.05) is 45.4 Å². The number of carbonyl (C=O) groups excluding carboxylic acids is 1. The fourth-order valence-electron chi connectivity index (χ4n) is 2.81. The first-order valence-electron chi connectivity index (χ1n) is 8.05. The van der Waals surface area contributed by atoms with Gasteiger partial charge in [-0.15, -0.1) is 0 Å². The van der Waals surface area contributed by atoms with Crippen molar-refractivity contribution < 1.29 is 14.3 Å². The molecule has 1 heterocycles. The molecule has 1 fully saturated rings. The molecule has 1 aliphatic heterocycles. The van der Waals surface area contributed by atoms with Crippen molar-refractivity contribution in [3.05, 3.63) is 0 Å². The molecule has 19 heavy (non-hydrogen) atoms. The first-order valence-corrected chi connectivity index (χ1v) is 8.05. The van der Waals surface area contributed by atoms with Crippen LogP contribution in [0.15, 0.2) is 0 Å². The van der Waals surface area contributed by atoms with Gasteiger partial charge in [-0.25, -0.2) is 0 Å². The maximum absolute atomic E-state index is 11.5. The van der Waals surface area contributed by atoms with Crippen molar-refractivity contribution in [1.82, 2.24) is 0 Å². The van der Waals surface area contributed by atoms with Crippen molar-refractivity contribution in [3.63, 3.8) is 0 Å². The Morgan fingerprint density at radius 3 is 2.63 bits per heavy atom. The molecule has 1 saturated heterocycles. The summed E-state index contributed by atoms with van der Waals surface area (Å²) in [5.41, 5.74) is 0. The van der Waals surface area contributed by atoms with Crippen LogP contribution in [0.25, 0.3) is 0 Å². The lowest BCUT2D eigenvalue weighted by Crippen LogP contribution is -2.20. The number of rotatable bonds is 10. The summed E-state index contributed by atoms with van der Waals surface area (Å²) in [4.78, 5) is 11.5. The standard InChI is InChI=1S/C16H30O3/c1-3-5-6-7-8-9-10-15-14(11-12-19-15)13-16(17)18-4-2/h14-15H,3-13H2,1-2H3/t14-,15-/m0/s1. The van der Waals surface area contributed by atoms with Crippen LogP contribution in [0, 0.1) is 5.92 Å². The normalized spacial score (nSPS) is 22.6. The Morgan fingerprint density at radius 1 is 1.16 bits per heavy atom. The molecule has 1 rings (SSSR count). The average molecular weight is 270 g/mol. The maximum atomic E-state index is 11.5. The molecule has 1 aliphatic rings. The third-order valence-electron chi connectivity index (χ3n) is 3.92. The molecule has 0 aliphatic carbocycles. The number of unbranched alkanes of at least 4 members (excludes halogenated alkanes) is 5. The third kappa shape index (κ3) is 6.95. The highest BCUT2D eigenvalue weighted by atomic mass is 16.5. The molecule has 3 heteroatoms. The fraction of sp³-hybridized carbons (Fsp3) is 0.938. The van der Waals surface area contributed by atoms with Gasteiger partial charge in [0.2, 0.25) is 0 Å². The molecular formula is C16H30O3. The van der Waals surface area contributed by atoms with Crippen LogP contribution in [0.2, 0.25) is 0 Å². The van der Waals surface area contributed by atoms with Gasteiger partial charge in [0, 0.05) is 6.61 Å². The molecule has 0 N–H and O–H groups in total. The summed E-state index contributed by atoms with van der Waals surface area (Å²) in [5, 5.41) is 0. The van der Waals surface area contributed by atoms with Gasteiger partial charge in [-0.05, 0) is 25.7 Å². The van der Waals surface area contributed by atoms with E-state index in [2.05, 4.69) is 6.92 Å². The minimum Gasteiger partial charge on any atom is -0.466 e. The maximum Gasteiger partial charge on any atom is 0.306 e. The van der Waals surface area contributed by atoms with Crippen molar-refractivity contribution in [1.29, 1.82) is 0 Å². The van der Waals surface area contributed by atoms with Crippen LogP contribution >= 0.6 is 0 Å². The Bertz CT molecular complexity index is 240. The van der Waals surface area contributed by atoms with Crippen LogP contribution in [0.3, 0.4) is 0 Å². The molecular weight excluding hydrogens is 240 g/mol. The van der Waals surface area contributed by atoms with E-state index >= 15 is 0 Å². The lowest BCUT2D eigenvalue weighted by Gasteiger charge is -2.17. The molecule has 112 valence electrons. The highest BCUT2D eigenvalue weighted by Crippen LogP contribution is 2.28. The quantitative estimate of drug-likeness (QED) is 0.443. The van der Waals surface area contributed by atoms with Crippen molar-refractivity contribution >= 4 is 5.97 Å². The Kier molecular flexibility index (Phi) is 8.89. The van der Waals surface area contributed by atoms with E-state index in [0.717, 1.165) is 19.4 Å². The summed E-state index contributed by atoms with van der Waals surface area (Å²) in [6.07, 6.45) is 10.8. The molecule has 0 aromatic heterocycles. The van der Waals surface area contributed by atoms with Crippen LogP contribution in [0.4, 0.5) is 0 Å². The number of esters is 1. The molecule has 3 nitrogen and oxygen atoms in total. The monoisotopic (exact) mass is 270 g/mol. The van der Waals surface area contributed by atoms with Gasteiger partial charge >= 0.3 is 5.97 Å². The van der Waals surface area contributed by atoms with E-state index in [4.69, 9.17) is 9.47 Å². The second-order valence-electron chi connectivity index (χ2n) is 5.52. The van der Waals surface area contributed by atoms with Crippen LogP contribution in [0.1, 0.15) is 71.6 Å². The number of hydrogen-bond acceptors (Lipinski definition) is 3. The second-order valence-corrected chi connectivity index (χ2v) is 5.52. The van der Waals surface area contributed by atoms with E-state index < -0.39 is 0 Å². The van der Waals surface area contributed by atoms with E-state index in [1.165, 1.54) is 38.5 Å². The SMILES string of the molecule is CCCCCCCC[C@@H]1OCC[C@H]1CC(=O)OCC. The number of carbonyl (C=O) groups is 1. The minimum atomic E-state index is -0.0639. The second kappa shape index (κ2) is 10.2. The average Bonchev–Trinajstić information content (AvgIpc) is 2.81. The van der Waals surface area contributed by atoms with E-state index in [1.807, 2.05) is 6.92 Å². The summed E-state index contributed by atoms with van der Waals surface area (Å²) in [5.74, 6) is 0.320. The zero-order chi connectivity index (χ0) is 13.9. The van der Waals surface area contributed by atoms with Gasteiger partial charge in [0.1, 0.15) is 0 Å². The molecule has 0 unspecified atom stereocenters. The third-order valence-corrected chi connectivity index (χ3v) is 3.92. The summed E-state index contributed by atoms with van der Waals surface area (Å²) in [6, 6.07) is 0. The highest BCUT2D eigenvalue weighted by molar-refractivity contribution is 5.69. The van der Waals surface area contributed by atoms with E-state index in [1.54, 1.807) is 0 Å². The lowest BCUT2D eigenvalue weighted by atomic mass is 9.93. The predicted octanol–water partition coefficient (Wildman–Crippen LogP) is 4.10. The fourth-order valence-corrected chi connectivity index (χ4v) is 2.81. The molecule has 0 bridgehead atoms. The minimum absolute atomic E-state index is 0.0639. The molecule has 0 radical (unpaired) electrons. The van der Waals surface area contributed by atoms with Crippen molar-refractivity contribution in [2.45, 2.75) is 77.7 Å². The Morgan fingerprint density at radius 2 is 1.89 bits per heavy atom. The van der Waals surface area contributed by atoms with E-state index in [0.29, 0.717) is 18.9 Å². The molecule has 2 atom stereocenters. The zero-order valence-electron chi connectivity index (χ0n) is 12.7. The smallest absolute Gasteiger partial charge is 0.306 e. The predicted molar refractivity (Wildman–Crippen MR) is 77.1 cm³/mol. The van der Waals surface area contributed by atoms with Gasteiger partial charge in [-0.3, -0.25) is 4.79 Å². The molecule has 0 aromatic rings. The van der Waals surface area contributed by atoms with Gasteiger partial charge in [0.05, 0.1) is 19.1 Å². The van der Waals surface area contributed by atoms with Crippen LogP contribution in [-0.2, 0) is 14.3 Å². The molecule has 0 aromatic carbocycles. The largest absolute Gasteiger partial charge is 0.466 e. The van der Waals surface area contributed by atoms with Gasteiger partial charge in [0.15, 0.2) is 0 Å².